The molecule has 0 N–H and O–H groups in total. The maximum absolute atomic E-state index is 13.1. The molecule has 0 bridgehead atoms. The maximum atomic E-state index is 13.1. The summed E-state index contributed by atoms with van der Waals surface area (Å²) in [4.78, 5) is -0.0697. The van der Waals surface area contributed by atoms with Gasteiger partial charge in [-0.3, -0.25) is 0 Å². The average molecular weight is 365 g/mol. The zero-order chi connectivity index (χ0) is 19.1. The van der Waals surface area contributed by atoms with Crippen molar-refractivity contribution in [2.75, 3.05) is 6.54 Å². The Morgan fingerprint density at radius 1 is 1.00 bits per heavy atom. The number of nitrogens with zero attached hydrogens (tertiary/aromatic N) is 1. The Morgan fingerprint density at radius 2 is 1.50 bits per heavy atom. The van der Waals surface area contributed by atoms with Crippen molar-refractivity contribution in [1.29, 1.82) is 0 Å². The van der Waals surface area contributed by atoms with Gasteiger partial charge in [-0.15, -0.1) is 0 Å². The van der Waals surface area contributed by atoms with Gasteiger partial charge >= 0.3 is 6.18 Å². The van der Waals surface area contributed by atoms with Gasteiger partial charge in [0.25, 0.3) is 0 Å². The Labute approximate surface area is 142 Å². The molecule has 1 rings (SSSR count). The Morgan fingerprint density at radius 3 is 1.88 bits per heavy atom. The summed E-state index contributed by atoms with van der Waals surface area (Å²) < 4.78 is 65.6. The van der Waals surface area contributed by atoms with E-state index in [0.29, 0.717) is 9.87 Å². The summed E-state index contributed by atoms with van der Waals surface area (Å²) in [7, 11) is -4.31. The first-order valence-electron chi connectivity index (χ1n) is 7.67. The molecule has 0 spiro atoms. The van der Waals surface area contributed by atoms with E-state index in [-0.39, 0.29) is 4.90 Å². The fourth-order valence-corrected chi connectivity index (χ4v) is 4.58. The van der Waals surface area contributed by atoms with Crippen LogP contribution >= 0.6 is 0 Å². The number of halogens is 3. The van der Waals surface area contributed by atoms with Crippen molar-refractivity contribution in [3.8, 4) is 0 Å². The SMILES string of the molecule is Cc1ccc(S(=O)(=O)N(CC(F)(F)F)C(C)(C)C)c(C(C)(C)C)c1. The lowest BCUT2D eigenvalue weighted by Gasteiger charge is -2.36. The zero-order valence-electron chi connectivity index (χ0n) is 15.2. The molecule has 0 amide bonds. The molecule has 0 atom stereocenters. The summed E-state index contributed by atoms with van der Waals surface area (Å²) in [6.07, 6.45) is -4.62. The fraction of sp³-hybridized carbons (Fsp3) is 0.647. The topological polar surface area (TPSA) is 37.4 Å². The molecular formula is C17H26F3NO2S. The second-order valence-electron chi connectivity index (χ2n) is 8.05. The lowest BCUT2D eigenvalue weighted by molar-refractivity contribution is -0.142. The Hall–Kier alpha value is -1.08. The van der Waals surface area contributed by atoms with E-state index in [2.05, 4.69) is 0 Å². The van der Waals surface area contributed by atoms with E-state index in [0.717, 1.165) is 5.56 Å². The van der Waals surface area contributed by atoms with Crippen LogP contribution in [0.5, 0.6) is 0 Å². The highest BCUT2D eigenvalue weighted by Gasteiger charge is 2.43. The predicted molar refractivity (Wildman–Crippen MR) is 89.6 cm³/mol. The van der Waals surface area contributed by atoms with Crippen LogP contribution < -0.4 is 0 Å². The van der Waals surface area contributed by atoms with E-state index in [9.17, 15) is 21.6 Å². The van der Waals surface area contributed by atoms with Crippen LogP contribution in [0, 0.1) is 6.92 Å². The summed E-state index contributed by atoms with van der Waals surface area (Å²) in [5.41, 5.74) is -0.346. The molecule has 138 valence electrons. The molecule has 0 aliphatic heterocycles. The Balaban J connectivity index is 3.63. The molecule has 24 heavy (non-hydrogen) atoms. The third-order valence-corrected chi connectivity index (χ3v) is 5.75. The molecule has 3 nitrogen and oxygen atoms in total. The van der Waals surface area contributed by atoms with Gasteiger partial charge in [0, 0.05) is 5.54 Å². The van der Waals surface area contributed by atoms with Gasteiger partial charge in [-0.2, -0.15) is 17.5 Å². The van der Waals surface area contributed by atoms with Gasteiger partial charge < -0.3 is 0 Å². The average Bonchev–Trinajstić information content (AvgIpc) is 2.32. The number of rotatable bonds is 3. The first kappa shape index (κ1) is 21.0. The van der Waals surface area contributed by atoms with Crippen LogP contribution in [0.15, 0.2) is 23.1 Å². The monoisotopic (exact) mass is 365 g/mol. The molecule has 0 fully saturated rings. The highest BCUT2D eigenvalue weighted by atomic mass is 32.2. The third kappa shape index (κ3) is 4.96. The number of sulfonamides is 1. The largest absolute Gasteiger partial charge is 0.402 e. The molecule has 0 aliphatic rings. The molecule has 1 aromatic carbocycles. The van der Waals surface area contributed by atoms with Crippen LogP contribution in [0.1, 0.15) is 52.7 Å². The van der Waals surface area contributed by atoms with Gasteiger partial charge in [0.2, 0.25) is 10.0 Å². The smallest absolute Gasteiger partial charge is 0.207 e. The second kappa shape index (κ2) is 6.33. The van der Waals surface area contributed by atoms with E-state index in [4.69, 9.17) is 0 Å². The van der Waals surface area contributed by atoms with Crippen LogP contribution in [-0.4, -0.2) is 31.0 Å². The van der Waals surface area contributed by atoms with Gasteiger partial charge in [0.15, 0.2) is 0 Å². The van der Waals surface area contributed by atoms with Crippen molar-refractivity contribution in [2.24, 2.45) is 0 Å². The van der Waals surface area contributed by atoms with Crippen molar-refractivity contribution < 1.29 is 21.6 Å². The van der Waals surface area contributed by atoms with Crippen LogP contribution in [0.4, 0.5) is 13.2 Å². The van der Waals surface area contributed by atoms with E-state index < -0.39 is 33.7 Å². The van der Waals surface area contributed by atoms with Crippen molar-refractivity contribution >= 4 is 10.0 Å². The zero-order valence-corrected chi connectivity index (χ0v) is 16.1. The first-order chi connectivity index (χ1) is 10.5. The van der Waals surface area contributed by atoms with E-state index in [1.165, 1.54) is 26.8 Å². The van der Waals surface area contributed by atoms with Crippen molar-refractivity contribution in [1.82, 2.24) is 4.31 Å². The fourth-order valence-electron chi connectivity index (χ4n) is 2.42. The number of alkyl halides is 3. The van der Waals surface area contributed by atoms with E-state index in [1.54, 1.807) is 12.1 Å². The summed E-state index contributed by atoms with van der Waals surface area (Å²) in [5.74, 6) is 0. The Kier molecular flexibility index (Phi) is 5.53. The highest BCUT2D eigenvalue weighted by molar-refractivity contribution is 7.89. The molecule has 0 aromatic heterocycles. The standard InChI is InChI=1S/C17H26F3NO2S/c1-12-8-9-14(13(10-12)15(2,3)4)24(22,23)21(16(5,6)7)11-17(18,19)20/h8-10H,11H2,1-7H3. The molecule has 0 unspecified atom stereocenters. The first-order valence-corrected chi connectivity index (χ1v) is 9.11. The second-order valence-corrected chi connectivity index (χ2v) is 9.88. The normalized spacial score (nSPS) is 14.3. The molecule has 0 saturated heterocycles. The quantitative estimate of drug-likeness (QED) is 0.782. The molecular weight excluding hydrogens is 339 g/mol. The molecule has 7 heteroatoms. The van der Waals surface area contributed by atoms with Crippen molar-refractivity contribution in [3.63, 3.8) is 0 Å². The van der Waals surface area contributed by atoms with Gasteiger partial charge in [-0.05, 0) is 44.7 Å². The summed E-state index contributed by atoms with van der Waals surface area (Å²) >= 11 is 0. The highest BCUT2D eigenvalue weighted by Crippen LogP contribution is 2.35. The molecule has 0 heterocycles. The van der Waals surface area contributed by atoms with E-state index in [1.807, 2.05) is 27.7 Å². The Bertz CT molecular complexity index is 696. The van der Waals surface area contributed by atoms with Gasteiger partial charge in [0.1, 0.15) is 6.54 Å². The van der Waals surface area contributed by atoms with Crippen LogP contribution in [0.3, 0.4) is 0 Å². The summed E-state index contributed by atoms with van der Waals surface area (Å²) in [6.45, 7) is 10.2. The molecule has 0 radical (unpaired) electrons. The molecule has 0 aliphatic carbocycles. The van der Waals surface area contributed by atoms with Crippen LogP contribution in [0.25, 0.3) is 0 Å². The third-order valence-electron chi connectivity index (χ3n) is 3.58. The van der Waals surface area contributed by atoms with Crippen molar-refractivity contribution in [3.05, 3.63) is 29.3 Å². The minimum Gasteiger partial charge on any atom is -0.207 e. The minimum absolute atomic E-state index is 0.0697. The van der Waals surface area contributed by atoms with E-state index >= 15 is 0 Å². The van der Waals surface area contributed by atoms with Crippen molar-refractivity contribution in [2.45, 2.75) is 70.5 Å². The van der Waals surface area contributed by atoms with Gasteiger partial charge in [-0.1, -0.05) is 38.5 Å². The van der Waals surface area contributed by atoms with Crippen LogP contribution in [-0.2, 0) is 15.4 Å². The lowest BCUT2D eigenvalue weighted by atomic mass is 9.86. The molecule has 0 saturated carbocycles. The van der Waals surface area contributed by atoms with Gasteiger partial charge in [-0.25, -0.2) is 8.42 Å². The lowest BCUT2D eigenvalue weighted by Crippen LogP contribution is -2.50. The molecule has 1 aromatic rings. The summed E-state index contributed by atoms with van der Waals surface area (Å²) in [6, 6.07) is 4.73. The number of hydrogen-bond donors (Lipinski definition) is 0. The van der Waals surface area contributed by atoms with Gasteiger partial charge in [0.05, 0.1) is 4.90 Å². The predicted octanol–water partition coefficient (Wildman–Crippen LogP) is 4.64. The minimum atomic E-state index is -4.62. The summed E-state index contributed by atoms with van der Waals surface area (Å²) in [5, 5.41) is 0. The maximum Gasteiger partial charge on any atom is 0.402 e. The number of aryl methyl sites for hydroxylation is 1. The van der Waals surface area contributed by atoms with Crippen LogP contribution in [0.2, 0.25) is 0 Å². The number of benzene rings is 1. The number of hydrogen-bond acceptors (Lipinski definition) is 2.